The standard InChI is InChI=1S/C25H23FN6O2S/c1-13-14(2)35-24-20(13)21(16-9-11-17(26)12-10-16)28-22(23-31-30-15(3)32(23)24)29-25(33)27-18-7-5-6-8-19(18)34-4/h5-12,22H,1-4H3,(H2,27,29,33). The molecule has 2 N–H and O–H groups in total. The lowest BCUT2D eigenvalue weighted by atomic mass is 10.00. The SMILES string of the molecule is COc1ccccc1NC(=O)NC1N=C(c2ccc(F)cc2)c2c(sc(C)c2C)-n2c(C)nnc21. The number of ether oxygens (including phenoxy) is 1. The number of nitrogens with one attached hydrogen (secondary N) is 2. The Labute approximate surface area is 205 Å². The smallest absolute Gasteiger partial charge is 0.321 e. The summed E-state index contributed by atoms with van der Waals surface area (Å²) in [7, 11) is 1.54. The molecule has 35 heavy (non-hydrogen) atoms. The summed E-state index contributed by atoms with van der Waals surface area (Å²) in [5.41, 5.74) is 3.88. The molecule has 4 aromatic rings. The number of nitrogens with zero attached hydrogens (tertiary/aromatic N) is 4. The van der Waals surface area contributed by atoms with Gasteiger partial charge in [-0.1, -0.05) is 12.1 Å². The molecule has 0 aliphatic carbocycles. The Morgan fingerprint density at radius 3 is 2.57 bits per heavy atom. The largest absolute Gasteiger partial charge is 0.495 e. The Morgan fingerprint density at radius 2 is 1.83 bits per heavy atom. The highest BCUT2D eigenvalue weighted by Gasteiger charge is 2.32. The van der Waals surface area contributed by atoms with Crippen LogP contribution in [0.5, 0.6) is 5.75 Å². The fraction of sp³-hybridized carbons (Fsp3) is 0.200. The second-order valence-electron chi connectivity index (χ2n) is 8.09. The molecule has 1 unspecified atom stereocenters. The minimum atomic E-state index is -0.842. The van der Waals surface area contributed by atoms with Gasteiger partial charge in [0.15, 0.2) is 12.0 Å². The molecule has 2 aromatic heterocycles. The number of aryl methyl sites for hydroxylation is 2. The Kier molecular flexibility index (Phi) is 5.81. The minimum Gasteiger partial charge on any atom is -0.495 e. The third-order valence-electron chi connectivity index (χ3n) is 5.90. The number of hydrogen-bond acceptors (Lipinski definition) is 6. The first-order valence-corrected chi connectivity index (χ1v) is 11.8. The van der Waals surface area contributed by atoms with E-state index in [-0.39, 0.29) is 5.82 Å². The van der Waals surface area contributed by atoms with Crippen molar-refractivity contribution in [3.8, 4) is 10.8 Å². The average Bonchev–Trinajstić information content (AvgIpc) is 3.32. The maximum absolute atomic E-state index is 13.7. The zero-order valence-electron chi connectivity index (χ0n) is 19.6. The van der Waals surface area contributed by atoms with E-state index in [4.69, 9.17) is 9.73 Å². The number of para-hydroxylation sites is 2. The maximum atomic E-state index is 13.7. The number of urea groups is 1. The molecule has 0 bridgehead atoms. The summed E-state index contributed by atoms with van der Waals surface area (Å²) < 4.78 is 21.0. The zero-order valence-corrected chi connectivity index (χ0v) is 20.4. The van der Waals surface area contributed by atoms with Gasteiger partial charge in [0.25, 0.3) is 0 Å². The van der Waals surface area contributed by atoms with Crippen LogP contribution in [0.4, 0.5) is 14.9 Å². The third-order valence-corrected chi connectivity index (χ3v) is 7.09. The van der Waals surface area contributed by atoms with Crippen molar-refractivity contribution in [2.24, 2.45) is 4.99 Å². The quantitative estimate of drug-likeness (QED) is 0.418. The summed E-state index contributed by atoms with van der Waals surface area (Å²) in [6.45, 7) is 5.94. The van der Waals surface area contributed by atoms with Gasteiger partial charge < -0.3 is 15.4 Å². The Morgan fingerprint density at radius 1 is 1.09 bits per heavy atom. The Hall–Kier alpha value is -4.05. The number of rotatable bonds is 4. The lowest BCUT2D eigenvalue weighted by Gasteiger charge is -2.16. The minimum absolute atomic E-state index is 0.333. The van der Waals surface area contributed by atoms with Crippen LogP contribution >= 0.6 is 11.3 Å². The van der Waals surface area contributed by atoms with E-state index in [9.17, 15) is 9.18 Å². The van der Waals surface area contributed by atoms with E-state index in [1.165, 1.54) is 19.2 Å². The van der Waals surface area contributed by atoms with Crippen LogP contribution in [0.25, 0.3) is 5.00 Å². The van der Waals surface area contributed by atoms with E-state index in [0.717, 1.165) is 26.6 Å². The number of carbonyl (C=O) groups excluding carboxylic acids is 1. The van der Waals surface area contributed by atoms with Crippen molar-refractivity contribution >= 4 is 28.8 Å². The van der Waals surface area contributed by atoms with Crippen LogP contribution in [0.3, 0.4) is 0 Å². The first kappa shape index (κ1) is 22.7. The van der Waals surface area contributed by atoms with Gasteiger partial charge in [-0.05, 0) is 62.7 Å². The fourth-order valence-corrected chi connectivity index (χ4v) is 5.27. The van der Waals surface area contributed by atoms with E-state index in [1.807, 2.05) is 31.4 Å². The van der Waals surface area contributed by atoms with E-state index in [1.54, 1.807) is 41.7 Å². The maximum Gasteiger partial charge on any atom is 0.321 e. The van der Waals surface area contributed by atoms with Gasteiger partial charge in [0.2, 0.25) is 0 Å². The van der Waals surface area contributed by atoms with Crippen molar-refractivity contribution in [1.82, 2.24) is 20.1 Å². The summed E-state index contributed by atoms with van der Waals surface area (Å²) in [4.78, 5) is 19.1. The van der Waals surface area contributed by atoms with E-state index < -0.39 is 12.2 Å². The average molecular weight is 491 g/mol. The molecule has 178 valence electrons. The van der Waals surface area contributed by atoms with Gasteiger partial charge >= 0.3 is 6.03 Å². The van der Waals surface area contributed by atoms with Crippen LogP contribution in [0.2, 0.25) is 0 Å². The van der Waals surface area contributed by atoms with E-state index >= 15 is 0 Å². The molecular formula is C25H23FN6O2S. The number of amides is 2. The van der Waals surface area contributed by atoms with E-state index in [2.05, 4.69) is 20.8 Å². The summed E-state index contributed by atoms with van der Waals surface area (Å²) in [5, 5.41) is 15.3. The number of anilines is 1. The highest BCUT2D eigenvalue weighted by atomic mass is 32.1. The summed E-state index contributed by atoms with van der Waals surface area (Å²) in [6, 6.07) is 12.8. The molecule has 1 aliphatic rings. The molecule has 2 aromatic carbocycles. The lowest BCUT2D eigenvalue weighted by molar-refractivity contribution is 0.248. The highest BCUT2D eigenvalue weighted by Crippen LogP contribution is 2.38. The number of hydrogen-bond donors (Lipinski definition) is 2. The number of carbonyl (C=O) groups is 1. The van der Waals surface area contributed by atoms with Crippen LogP contribution in [0.1, 0.15) is 39.4 Å². The van der Waals surface area contributed by atoms with Crippen LogP contribution in [0, 0.1) is 26.6 Å². The number of methoxy groups -OCH3 is 1. The lowest BCUT2D eigenvalue weighted by Crippen LogP contribution is -2.33. The molecule has 8 nitrogen and oxygen atoms in total. The molecule has 3 heterocycles. The Balaban J connectivity index is 1.61. The van der Waals surface area contributed by atoms with Gasteiger partial charge in [0, 0.05) is 16.0 Å². The van der Waals surface area contributed by atoms with Crippen molar-refractivity contribution in [2.75, 3.05) is 12.4 Å². The number of thiophene rings is 1. The van der Waals surface area contributed by atoms with Crippen molar-refractivity contribution < 1.29 is 13.9 Å². The van der Waals surface area contributed by atoms with E-state index in [0.29, 0.717) is 28.8 Å². The van der Waals surface area contributed by atoms with Gasteiger partial charge in [-0.3, -0.25) is 9.56 Å². The van der Waals surface area contributed by atoms with Crippen molar-refractivity contribution in [3.05, 3.63) is 87.6 Å². The number of halogens is 1. The predicted octanol–water partition coefficient (Wildman–Crippen LogP) is 5.07. The summed E-state index contributed by atoms with van der Waals surface area (Å²) in [5.74, 6) is 1.36. The zero-order chi connectivity index (χ0) is 24.7. The van der Waals surface area contributed by atoms with Crippen molar-refractivity contribution in [2.45, 2.75) is 26.9 Å². The van der Waals surface area contributed by atoms with Crippen LogP contribution in [-0.4, -0.2) is 33.6 Å². The molecule has 10 heteroatoms. The molecule has 0 fully saturated rings. The molecular weight excluding hydrogens is 467 g/mol. The normalized spacial score (nSPS) is 14.4. The number of benzene rings is 2. The predicted molar refractivity (Wildman–Crippen MR) is 133 cm³/mol. The molecule has 0 saturated carbocycles. The molecule has 1 atom stereocenters. The first-order chi connectivity index (χ1) is 16.9. The molecule has 0 saturated heterocycles. The number of aliphatic imine (C=N–C) groups is 1. The molecule has 0 spiro atoms. The van der Waals surface area contributed by atoms with Crippen LogP contribution in [-0.2, 0) is 0 Å². The van der Waals surface area contributed by atoms with Gasteiger partial charge in [-0.15, -0.1) is 21.5 Å². The van der Waals surface area contributed by atoms with Crippen LogP contribution in [0.15, 0.2) is 53.5 Å². The van der Waals surface area contributed by atoms with Gasteiger partial charge in [-0.2, -0.15) is 0 Å². The second kappa shape index (κ2) is 8.95. The molecule has 5 rings (SSSR count). The summed E-state index contributed by atoms with van der Waals surface area (Å²) >= 11 is 1.60. The monoisotopic (exact) mass is 490 g/mol. The molecule has 2 amide bonds. The van der Waals surface area contributed by atoms with Crippen molar-refractivity contribution in [3.63, 3.8) is 0 Å². The van der Waals surface area contributed by atoms with Crippen molar-refractivity contribution in [1.29, 1.82) is 0 Å². The van der Waals surface area contributed by atoms with Gasteiger partial charge in [0.1, 0.15) is 22.4 Å². The summed E-state index contributed by atoms with van der Waals surface area (Å²) in [6.07, 6.45) is -0.842. The first-order valence-electron chi connectivity index (χ1n) is 10.9. The molecule has 0 radical (unpaired) electrons. The number of fused-ring (bicyclic) bond motifs is 3. The van der Waals surface area contributed by atoms with Gasteiger partial charge in [0.05, 0.1) is 18.5 Å². The third kappa shape index (κ3) is 4.06. The Bertz CT molecular complexity index is 1460. The van der Waals surface area contributed by atoms with Gasteiger partial charge in [-0.25, -0.2) is 9.18 Å². The fourth-order valence-electron chi connectivity index (χ4n) is 4.06. The topological polar surface area (TPSA) is 93.4 Å². The second-order valence-corrected chi connectivity index (χ2v) is 9.29. The highest BCUT2D eigenvalue weighted by molar-refractivity contribution is 7.15. The molecule has 1 aliphatic heterocycles. The van der Waals surface area contributed by atoms with Crippen LogP contribution < -0.4 is 15.4 Å². The number of aromatic nitrogens is 3.